The van der Waals surface area contributed by atoms with Crippen molar-refractivity contribution in [3.63, 3.8) is 0 Å². The van der Waals surface area contributed by atoms with E-state index >= 15 is 0 Å². The highest BCUT2D eigenvalue weighted by Gasteiger charge is 2.25. The van der Waals surface area contributed by atoms with Crippen LogP contribution < -0.4 is 21.5 Å². The maximum atomic E-state index is 13.4. The summed E-state index contributed by atoms with van der Waals surface area (Å²) in [5.74, 6) is -0.716. The Morgan fingerprint density at radius 2 is 1.68 bits per heavy atom. The van der Waals surface area contributed by atoms with E-state index in [1.165, 1.54) is 4.57 Å². The number of hydrogen-bond acceptors (Lipinski definition) is 6. The minimum Gasteiger partial charge on any atom is -0.506 e. The second-order valence-corrected chi connectivity index (χ2v) is 8.54. The van der Waals surface area contributed by atoms with Crippen molar-refractivity contribution in [2.75, 3.05) is 30.0 Å². The minimum atomic E-state index is -0.518. The van der Waals surface area contributed by atoms with E-state index in [1.54, 1.807) is 43.4 Å². The Bertz CT molecular complexity index is 1390. The van der Waals surface area contributed by atoms with Crippen molar-refractivity contribution in [3.05, 3.63) is 94.3 Å². The molecule has 0 aliphatic heterocycles. The monoisotopic (exact) mass is 456 g/mol. The van der Waals surface area contributed by atoms with Crippen LogP contribution in [0.5, 0.6) is 5.75 Å². The number of nitrogens with one attached hydrogen (secondary N) is 1. The highest BCUT2D eigenvalue weighted by molar-refractivity contribution is 6.03. The molecule has 1 atom stereocenters. The van der Waals surface area contributed by atoms with Crippen molar-refractivity contribution in [1.82, 2.24) is 4.57 Å². The SMILES string of the molecule is CN(C)c1ccc([C@H](CC(=O)c2c(O)c3ccccc3n(C)c2=O)Nc2ccc(N)cc2)cc1. The van der Waals surface area contributed by atoms with Crippen LogP contribution in [0.2, 0.25) is 0 Å². The number of aromatic nitrogens is 1. The molecule has 4 rings (SSSR count). The number of anilines is 3. The Labute approximate surface area is 198 Å². The van der Waals surface area contributed by atoms with E-state index in [-0.39, 0.29) is 17.7 Å². The zero-order valence-electron chi connectivity index (χ0n) is 19.4. The molecule has 0 saturated heterocycles. The number of Topliss-reactive ketones (excluding diaryl/α,β-unsaturated/α-hetero) is 1. The largest absolute Gasteiger partial charge is 0.506 e. The maximum absolute atomic E-state index is 13.4. The predicted octanol–water partition coefficient (Wildman–Crippen LogP) is 4.32. The van der Waals surface area contributed by atoms with E-state index in [0.29, 0.717) is 16.6 Å². The van der Waals surface area contributed by atoms with E-state index in [2.05, 4.69) is 5.32 Å². The Balaban J connectivity index is 1.73. The molecule has 0 radical (unpaired) electrons. The van der Waals surface area contributed by atoms with E-state index in [0.717, 1.165) is 16.9 Å². The molecule has 0 amide bonds. The molecule has 174 valence electrons. The standard InChI is InChI=1S/C27H28N4O3/c1-30(2)20-14-8-17(9-15-20)22(29-19-12-10-18(28)11-13-19)16-24(32)25-26(33)21-6-4-5-7-23(21)31(3)27(25)34/h4-15,22,29,33H,16,28H2,1-3H3/t22-/m0/s1. The molecular weight excluding hydrogens is 428 g/mol. The number of rotatable bonds is 7. The summed E-state index contributed by atoms with van der Waals surface area (Å²) in [6.07, 6.45) is -0.0210. The number of carbonyl (C=O) groups excluding carboxylic acids is 1. The van der Waals surface area contributed by atoms with Gasteiger partial charge in [-0.25, -0.2) is 0 Å². The van der Waals surface area contributed by atoms with Crippen LogP contribution in [-0.4, -0.2) is 29.6 Å². The quantitative estimate of drug-likeness (QED) is 0.283. The smallest absolute Gasteiger partial charge is 0.265 e. The summed E-state index contributed by atoms with van der Waals surface area (Å²) in [6.45, 7) is 0. The normalized spacial score (nSPS) is 11.9. The number of carbonyl (C=O) groups is 1. The van der Waals surface area contributed by atoms with Gasteiger partial charge in [-0.15, -0.1) is 0 Å². The highest BCUT2D eigenvalue weighted by atomic mass is 16.3. The average Bonchev–Trinajstić information content (AvgIpc) is 2.84. The van der Waals surface area contributed by atoms with Crippen LogP contribution in [0, 0.1) is 0 Å². The summed E-state index contributed by atoms with van der Waals surface area (Å²) >= 11 is 0. The van der Waals surface area contributed by atoms with Crippen molar-refractivity contribution >= 4 is 33.7 Å². The summed E-state index contributed by atoms with van der Waals surface area (Å²) in [5.41, 5.74) is 9.00. The molecule has 1 heterocycles. The molecule has 1 aromatic heterocycles. The van der Waals surface area contributed by atoms with Crippen LogP contribution in [0.15, 0.2) is 77.6 Å². The fourth-order valence-corrected chi connectivity index (χ4v) is 4.06. The van der Waals surface area contributed by atoms with Gasteiger partial charge in [0.2, 0.25) is 0 Å². The molecule has 0 unspecified atom stereocenters. The zero-order chi connectivity index (χ0) is 24.4. The molecule has 0 aliphatic rings. The van der Waals surface area contributed by atoms with Gasteiger partial charge in [0.05, 0.1) is 11.6 Å². The van der Waals surface area contributed by atoms with Crippen molar-refractivity contribution in [3.8, 4) is 5.75 Å². The lowest BCUT2D eigenvalue weighted by molar-refractivity contribution is 0.0972. The van der Waals surface area contributed by atoms with Crippen molar-refractivity contribution < 1.29 is 9.90 Å². The molecule has 0 spiro atoms. The molecule has 0 bridgehead atoms. The Kier molecular flexibility index (Phi) is 6.27. The Morgan fingerprint density at radius 3 is 2.32 bits per heavy atom. The second kappa shape index (κ2) is 9.31. The van der Waals surface area contributed by atoms with E-state index < -0.39 is 17.4 Å². The first-order chi connectivity index (χ1) is 16.3. The van der Waals surface area contributed by atoms with Gasteiger partial charge in [0.25, 0.3) is 5.56 Å². The second-order valence-electron chi connectivity index (χ2n) is 8.54. The van der Waals surface area contributed by atoms with Gasteiger partial charge in [-0.3, -0.25) is 9.59 Å². The number of benzene rings is 3. The topological polar surface area (TPSA) is 101 Å². The molecule has 0 aliphatic carbocycles. The van der Waals surface area contributed by atoms with E-state index in [1.807, 2.05) is 55.4 Å². The van der Waals surface area contributed by atoms with Crippen LogP contribution in [0.4, 0.5) is 17.1 Å². The predicted molar refractivity (Wildman–Crippen MR) is 138 cm³/mol. The highest BCUT2D eigenvalue weighted by Crippen LogP contribution is 2.30. The number of hydrogen-bond donors (Lipinski definition) is 3. The number of ketones is 1. The number of fused-ring (bicyclic) bond motifs is 1. The van der Waals surface area contributed by atoms with Crippen molar-refractivity contribution in [2.45, 2.75) is 12.5 Å². The van der Waals surface area contributed by atoms with Gasteiger partial charge < -0.3 is 25.6 Å². The lowest BCUT2D eigenvalue weighted by Crippen LogP contribution is -2.26. The minimum absolute atomic E-state index is 0.0210. The van der Waals surface area contributed by atoms with Gasteiger partial charge in [0, 0.05) is 50.0 Å². The number of nitrogens with two attached hydrogens (primary N) is 1. The average molecular weight is 457 g/mol. The maximum Gasteiger partial charge on any atom is 0.265 e. The molecule has 3 aromatic carbocycles. The molecule has 0 saturated carbocycles. The summed E-state index contributed by atoms with van der Waals surface area (Å²) in [7, 11) is 5.52. The molecule has 7 nitrogen and oxygen atoms in total. The van der Waals surface area contributed by atoms with Gasteiger partial charge in [-0.1, -0.05) is 24.3 Å². The first-order valence-corrected chi connectivity index (χ1v) is 11.0. The number of nitrogens with zero attached hydrogens (tertiary/aromatic N) is 2. The first-order valence-electron chi connectivity index (χ1n) is 11.0. The van der Waals surface area contributed by atoms with Crippen molar-refractivity contribution in [1.29, 1.82) is 0 Å². The van der Waals surface area contributed by atoms with Crippen LogP contribution >= 0.6 is 0 Å². The fraction of sp³-hybridized carbons (Fsp3) is 0.185. The van der Waals surface area contributed by atoms with Gasteiger partial charge in [0.1, 0.15) is 11.3 Å². The third kappa shape index (κ3) is 4.45. The lowest BCUT2D eigenvalue weighted by atomic mass is 9.96. The lowest BCUT2D eigenvalue weighted by Gasteiger charge is -2.22. The van der Waals surface area contributed by atoms with Crippen LogP contribution in [0.1, 0.15) is 28.4 Å². The van der Waals surface area contributed by atoms with Crippen LogP contribution in [0.25, 0.3) is 10.9 Å². The van der Waals surface area contributed by atoms with Gasteiger partial charge in [-0.2, -0.15) is 0 Å². The van der Waals surface area contributed by atoms with Crippen LogP contribution in [0.3, 0.4) is 0 Å². The summed E-state index contributed by atoms with van der Waals surface area (Å²) < 4.78 is 1.40. The third-order valence-corrected chi connectivity index (χ3v) is 6.01. The molecule has 34 heavy (non-hydrogen) atoms. The summed E-state index contributed by atoms with van der Waals surface area (Å²) in [6, 6.07) is 21.7. The molecule has 7 heteroatoms. The summed E-state index contributed by atoms with van der Waals surface area (Å²) in [4.78, 5) is 28.5. The van der Waals surface area contributed by atoms with E-state index in [9.17, 15) is 14.7 Å². The Hall–Kier alpha value is -4.26. The number of aromatic hydroxyl groups is 1. The van der Waals surface area contributed by atoms with Gasteiger partial charge in [0.15, 0.2) is 5.78 Å². The number of nitrogen functional groups attached to an aromatic ring is 1. The number of aryl methyl sites for hydroxylation is 1. The van der Waals surface area contributed by atoms with Crippen molar-refractivity contribution in [2.24, 2.45) is 7.05 Å². The molecule has 4 N–H and O–H groups in total. The number of para-hydroxylation sites is 1. The van der Waals surface area contributed by atoms with Crippen LogP contribution in [-0.2, 0) is 7.05 Å². The molecule has 0 fully saturated rings. The number of pyridine rings is 1. The van der Waals surface area contributed by atoms with Gasteiger partial charge in [-0.05, 0) is 54.1 Å². The molecule has 4 aromatic rings. The summed E-state index contributed by atoms with van der Waals surface area (Å²) in [5, 5.41) is 14.7. The zero-order valence-corrected chi connectivity index (χ0v) is 19.4. The third-order valence-electron chi connectivity index (χ3n) is 6.01. The molecular formula is C27H28N4O3. The van der Waals surface area contributed by atoms with Gasteiger partial charge >= 0.3 is 0 Å². The first kappa shape index (κ1) is 22.9. The van der Waals surface area contributed by atoms with E-state index in [4.69, 9.17) is 5.73 Å². The fourth-order valence-electron chi connectivity index (χ4n) is 4.06. The Morgan fingerprint density at radius 1 is 1.03 bits per heavy atom.